The van der Waals surface area contributed by atoms with Gasteiger partial charge in [-0.25, -0.2) is 8.42 Å². The molecule has 0 atom stereocenters. The molecule has 0 saturated carbocycles. The molecule has 1 aliphatic rings. The lowest BCUT2D eigenvalue weighted by Gasteiger charge is -2.30. The van der Waals surface area contributed by atoms with E-state index in [0.29, 0.717) is 30.8 Å². The van der Waals surface area contributed by atoms with Crippen LogP contribution in [0.15, 0.2) is 53.4 Å². The highest BCUT2D eigenvalue weighted by Crippen LogP contribution is 2.25. The van der Waals surface area contributed by atoms with Gasteiger partial charge in [0, 0.05) is 24.7 Å². The highest BCUT2D eigenvalue weighted by Gasteiger charge is 2.32. The Balaban J connectivity index is 1.63. The molecular weight excluding hydrogens is 348 g/mol. The minimum Gasteiger partial charge on any atom is -0.326 e. The van der Waals surface area contributed by atoms with E-state index < -0.39 is 10.0 Å². The fourth-order valence-electron chi connectivity index (χ4n) is 3.21. The Hall–Kier alpha value is -2.18. The second-order valence-electron chi connectivity index (χ2n) is 6.80. The number of benzene rings is 2. The zero-order chi connectivity index (χ0) is 18.7. The number of carbonyl (C=O) groups is 1. The molecule has 2 aromatic carbocycles. The van der Waals surface area contributed by atoms with Crippen molar-refractivity contribution in [2.45, 2.75) is 31.6 Å². The summed E-state index contributed by atoms with van der Waals surface area (Å²) in [6.07, 6.45) is 1.06. The van der Waals surface area contributed by atoms with Gasteiger partial charge >= 0.3 is 0 Å². The van der Waals surface area contributed by atoms with Gasteiger partial charge in [0.2, 0.25) is 15.9 Å². The number of nitrogens with zero attached hydrogens (tertiary/aromatic N) is 1. The maximum atomic E-state index is 12.7. The van der Waals surface area contributed by atoms with E-state index in [1.807, 2.05) is 32.0 Å². The third-order valence-corrected chi connectivity index (χ3v) is 6.77. The van der Waals surface area contributed by atoms with Crippen molar-refractivity contribution in [1.29, 1.82) is 0 Å². The standard InChI is InChI=1S/C20H24N2O3S/c1-15-8-9-16(2)19(14-15)21-20(23)17-10-12-22(13-11-17)26(24,25)18-6-4-3-5-7-18/h3-9,14,17H,10-13H2,1-2H3,(H,21,23). The van der Waals surface area contributed by atoms with Crippen molar-refractivity contribution in [2.75, 3.05) is 18.4 Å². The van der Waals surface area contributed by atoms with Gasteiger partial charge in [0.1, 0.15) is 0 Å². The monoisotopic (exact) mass is 372 g/mol. The molecule has 1 heterocycles. The highest BCUT2D eigenvalue weighted by atomic mass is 32.2. The minimum atomic E-state index is -3.48. The van der Waals surface area contributed by atoms with Gasteiger partial charge in [-0.2, -0.15) is 4.31 Å². The Labute approximate surface area is 155 Å². The number of rotatable bonds is 4. The number of carbonyl (C=O) groups excluding carboxylic acids is 1. The molecule has 1 fully saturated rings. The normalized spacial score (nSPS) is 16.4. The molecular formula is C20H24N2O3S. The molecule has 0 aliphatic carbocycles. The first-order valence-corrected chi connectivity index (χ1v) is 10.3. The summed E-state index contributed by atoms with van der Waals surface area (Å²) in [6.45, 7) is 4.68. The Kier molecular flexibility index (Phi) is 5.44. The lowest BCUT2D eigenvalue weighted by atomic mass is 9.97. The van der Waals surface area contributed by atoms with E-state index in [0.717, 1.165) is 16.8 Å². The lowest BCUT2D eigenvalue weighted by molar-refractivity contribution is -0.120. The predicted octanol–water partition coefficient (Wildman–Crippen LogP) is 3.34. The molecule has 138 valence electrons. The van der Waals surface area contributed by atoms with Gasteiger partial charge in [-0.05, 0) is 56.0 Å². The van der Waals surface area contributed by atoms with Crippen molar-refractivity contribution in [3.63, 3.8) is 0 Å². The lowest BCUT2D eigenvalue weighted by Crippen LogP contribution is -2.41. The summed E-state index contributed by atoms with van der Waals surface area (Å²) >= 11 is 0. The van der Waals surface area contributed by atoms with Crippen molar-refractivity contribution in [1.82, 2.24) is 4.31 Å². The van der Waals surface area contributed by atoms with E-state index in [-0.39, 0.29) is 11.8 Å². The van der Waals surface area contributed by atoms with E-state index in [9.17, 15) is 13.2 Å². The van der Waals surface area contributed by atoms with Crippen LogP contribution < -0.4 is 5.32 Å². The first-order valence-electron chi connectivity index (χ1n) is 8.81. The smallest absolute Gasteiger partial charge is 0.243 e. The SMILES string of the molecule is Cc1ccc(C)c(NC(=O)C2CCN(S(=O)(=O)c3ccccc3)CC2)c1. The number of aryl methyl sites for hydroxylation is 2. The van der Waals surface area contributed by atoms with Gasteiger partial charge in [-0.15, -0.1) is 0 Å². The molecule has 1 N–H and O–H groups in total. The second kappa shape index (κ2) is 7.60. The molecule has 26 heavy (non-hydrogen) atoms. The van der Waals surface area contributed by atoms with Gasteiger partial charge in [0.15, 0.2) is 0 Å². The van der Waals surface area contributed by atoms with Gasteiger partial charge in [0.05, 0.1) is 4.90 Å². The van der Waals surface area contributed by atoms with Crippen LogP contribution in [0.5, 0.6) is 0 Å². The van der Waals surface area contributed by atoms with Crippen LogP contribution in [0.25, 0.3) is 0 Å². The molecule has 1 aliphatic heterocycles. The number of amides is 1. The minimum absolute atomic E-state index is 0.0320. The van der Waals surface area contributed by atoms with Crippen LogP contribution in [0.2, 0.25) is 0 Å². The number of piperidine rings is 1. The van der Waals surface area contributed by atoms with Crippen LogP contribution in [0.3, 0.4) is 0 Å². The van der Waals surface area contributed by atoms with Crippen molar-refractivity contribution in [3.8, 4) is 0 Å². The molecule has 0 spiro atoms. The maximum absolute atomic E-state index is 12.7. The molecule has 3 rings (SSSR count). The molecule has 0 aromatic heterocycles. The largest absolute Gasteiger partial charge is 0.326 e. The second-order valence-corrected chi connectivity index (χ2v) is 8.74. The zero-order valence-corrected chi connectivity index (χ0v) is 15.9. The van der Waals surface area contributed by atoms with Crippen molar-refractivity contribution in [2.24, 2.45) is 5.92 Å². The summed E-state index contributed by atoms with van der Waals surface area (Å²) < 4.78 is 26.8. The van der Waals surface area contributed by atoms with E-state index in [1.165, 1.54) is 4.31 Å². The quantitative estimate of drug-likeness (QED) is 0.895. The van der Waals surface area contributed by atoms with E-state index in [4.69, 9.17) is 0 Å². The van der Waals surface area contributed by atoms with Crippen molar-refractivity contribution in [3.05, 3.63) is 59.7 Å². The molecule has 1 saturated heterocycles. The Morgan fingerprint density at radius 2 is 1.69 bits per heavy atom. The number of hydrogen-bond acceptors (Lipinski definition) is 3. The maximum Gasteiger partial charge on any atom is 0.243 e. The average Bonchev–Trinajstić information content (AvgIpc) is 2.65. The summed E-state index contributed by atoms with van der Waals surface area (Å²) in [4.78, 5) is 12.9. The fraction of sp³-hybridized carbons (Fsp3) is 0.350. The van der Waals surface area contributed by atoms with Gasteiger partial charge in [0.25, 0.3) is 0 Å². The first-order chi connectivity index (χ1) is 12.4. The number of anilines is 1. The topological polar surface area (TPSA) is 66.5 Å². The summed E-state index contributed by atoms with van der Waals surface area (Å²) in [5.74, 6) is -0.201. The van der Waals surface area contributed by atoms with Crippen LogP contribution in [-0.4, -0.2) is 31.7 Å². The third-order valence-electron chi connectivity index (χ3n) is 4.86. The van der Waals surface area contributed by atoms with Crippen LogP contribution in [0, 0.1) is 19.8 Å². The molecule has 2 aromatic rings. The predicted molar refractivity (Wildman–Crippen MR) is 102 cm³/mol. The van der Waals surface area contributed by atoms with Crippen LogP contribution in [0.4, 0.5) is 5.69 Å². The Bertz CT molecular complexity index is 887. The molecule has 0 bridgehead atoms. The Morgan fingerprint density at radius 1 is 1.04 bits per heavy atom. The Morgan fingerprint density at radius 3 is 2.35 bits per heavy atom. The fourth-order valence-corrected chi connectivity index (χ4v) is 4.70. The summed E-state index contributed by atoms with van der Waals surface area (Å²) in [5.41, 5.74) is 2.94. The molecule has 6 heteroatoms. The number of nitrogens with one attached hydrogen (secondary N) is 1. The van der Waals surface area contributed by atoms with Crippen LogP contribution in [0.1, 0.15) is 24.0 Å². The first kappa shape index (κ1) is 18.6. The van der Waals surface area contributed by atoms with Gasteiger partial charge in [-0.1, -0.05) is 30.3 Å². The zero-order valence-electron chi connectivity index (χ0n) is 15.1. The average molecular weight is 372 g/mol. The van der Waals surface area contributed by atoms with E-state index in [2.05, 4.69) is 5.32 Å². The van der Waals surface area contributed by atoms with Crippen molar-refractivity contribution < 1.29 is 13.2 Å². The molecule has 1 amide bonds. The van der Waals surface area contributed by atoms with Gasteiger partial charge in [-0.3, -0.25) is 4.79 Å². The molecule has 0 radical (unpaired) electrons. The summed E-state index contributed by atoms with van der Waals surface area (Å²) in [7, 11) is -3.48. The summed E-state index contributed by atoms with van der Waals surface area (Å²) in [6, 6.07) is 14.4. The highest BCUT2D eigenvalue weighted by molar-refractivity contribution is 7.89. The van der Waals surface area contributed by atoms with Crippen LogP contribution in [-0.2, 0) is 14.8 Å². The van der Waals surface area contributed by atoms with E-state index in [1.54, 1.807) is 30.3 Å². The molecule has 5 nitrogen and oxygen atoms in total. The molecule has 0 unspecified atom stereocenters. The van der Waals surface area contributed by atoms with Crippen molar-refractivity contribution >= 4 is 21.6 Å². The van der Waals surface area contributed by atoms with Gasteiger partial charge < -0.3 is 5.32 Å². The number of sulfonamides is 1. The number of hydrogen-bond donors (Lipinski definition) is 1. The van der Waals surface area contributed by atoms with E-state index >= 15 is 0 Å². The van der Waals surface area contributed by atoms with Crippen LogP contribution >= 0.6 is 0 Å². The third kappa shape index (κ3) is 3.97. The summed E-state index contributed by atoms with van der Waals surface area (Å²) in [5, 5.41) is 3.00.